The summed E-state index contributed by atoms with van der Waals surface area (Å²) >= 11 is 4.47. The van der Waals surface area contributed by atoms with Crippen molar-refractivity contribution in [2.45, 2.75) is 6.92 Å². The Morgan fingerprint density at radius 2 is 2.33 bits per heavy atom. The van der Waals surface area contributed by atoms with Crippen LogP contribution in [0.3, 0.4) is 0 Å². The molecule has 0 fully saturated rings. The van der Waals surface area contributed by atoms with Gasteiger partial charge in [0.2, 0.25) is 5.88 Å². The number of hydrogen-bond donors (Lipinski definition) is 1. The van der Waals surface area contributed by atoms with Crippen molar-refractivity contribution < 1.29 is 14.6 Å². The van der Waals surface area contributed by atoms with Gasteiger partial charge in [-0.3, -0.25) is 0 Å². The lowest BCUT2D eigenvalue weighted by atomic mass is 10.2. The summed E-state index contributed by atoms with van der Waals surface area (Å²) < 4.78 is 5.75. The van der Waals surface area contributed by atoms with Crippen LogP contribution in [0, 0.1) is 0 Å². The van der Waals surface area contributed by atoms with Gasteiger partial charge in [-0.05, 0) is 19.1 Å². The minimum absolute atomic E-state index is 0.131. The smallest absolute Gasteiger partial charge is 0.353 e. The lowest BCUT2D eigenvalue weighted by Gasteiger charge is -1.97. The lowest BCUT2D eigenvalue weighted by molar-refractivity contribution is 0.0528. The third-order valence-corrected chi connectivity index (χ3v) is 3.71. The van der Waals surface area contributed by atoms with Gasteiger partial charge in [-0.2, -0.15) is 0 Å². The Morgan fingerprint density at radius 1 is 1.56 bits per heavy atom. The highest BCUT2D eigenvalue weighted by Gasteiger charge is 2.19. The maximum atomic E-state index is 11.6. The zero-order chi connectivity index (χ0) is 13.1. The van der Waals surface area contributed by atoms with E-state index in [9.17, 15) is 9.90 Å². The van der Waals surface area contributed by atoms with Crippen molar-refractivity contribution in [2.75, 3.05) is 6.61 Å². The van der Waals surface area contributed by atoms with Crippen LogP contribution in [-0.4, -0.2) is 22.7 Å². The molecule has 18 heavy (non-hydrogen) atoms. The van der Waals surface area contributed by atoms with Crippen LogP contribution in [0.25, 0.3) is 10.6 Å². The SMILES string of the molecule is CCOC(=O)c1sc(-c2cccc(Br)c2)nc1O. The number of aromatic nitrogens is 1. The van der Waals surface area contributed by atoms with E-state index in [4.69, 9.17) is 4.74 Å². The van der Waals surface area contributed by atoms with Gasteiger partial charge in [0.15, 0.2) is 4.88 Å². The molecule has 2 aromatic rings. The van der Waals surface area contributed by atoms with Crippen LogP contribution < -0.4 is 0 Å². The number of esters is 1. The van der Waals surface area contributed by atoms with Gasteiger partial charge in [0, 0.05) is 10.0 Å². The Morgan fingerprint density at radius 3 is 3.00 bits per heavy atom. The van der Waals surface area contributed by atoms with E-state index in [1.54, 1.807) is 6.92 Å². The number of hydrogen-bond acceptors (Lipinski definition) is 5. The lowest BCUT2D eigenvalue weighted by Crippen LogP contribution is -2.02. The van der Waals surface area contributed by atoms with Crippen molar-refractivity contribution in [3.05, 3.63) is 33.6 Å². The highest BCUT2D eigenvalue weighted by molar-refractivity contribution is 9.10. The Kier molecular flexibility index (Phi) is 3.98. The number of aromatic hydroxyl groups is 1. The molecule has 1 heterocycles. The van der Waals surface area contributed by atoms with E-state index >= 15 is 0 Å². The van der Waals surface area contributed by atoms with Crippen LogP contribution in [0.5, 0.6) is 5.88 Å². The molecule has 6 heteroatoms. The van der Waals surface area contributed by atoms with Crippen molar-refractivity contribution in [2.24, 2.45) is 0 Å². The molecule has 0 unspecified atom stereocenters. The number of thiazole rings is 1. The predicted molar refractivity (Wildman–Crippen MR) is 72.9 cm³/mol. The summed E-state index contributed by atoms with van der Waals surface area (Å²) in [6, 6.07) is 7.48. The molecular formula is C12H10BrNO3S. The summed E-state index contributed by atoms with van der Waals surface area (Å²) in [5.41, 5.74) is 0.834. The average molecular weight is 328 g/mol. The largest absolute Gasteiger partial charge is 0.492 e. The van der Waals surface area contributed by atoms with Gasteiger partial charge in [-0.25, -0.2) is 9.78 Å². The van der Waals surface area contributed by atoms with Crippen molar-refractivity contribution in [1.82, 2.24) is 4.98 Å². The van der Waals surface area contributed by atoms with E-state index in [0.29, 0.717) is 5.01 Å². The standard InChI is InChI=1S/C12H10BrNO3S/c1-2-17-12(16)9-10(15)14-11(18-9)7-4-3-5-8(13)6-7/h3-6,15H,2H2,1H3. The molecule has 94 valence electrons. The first-order chi connectivity index (χ1) is 8.61. The first-order valence-corrected chi connectivity index (χ1v) is 6.85. The maximum Gasteiger partial charge on any atom is 0.353 e. The number of rotatable bonds is 3. The van der Waals surface area contributed by atoms with Gasteiger partial charge in [0.05, 0.1) is 6.61 Å². The Bertz CT molecular complexity index is 582. The van der Waals surface area contributed by atoms with E-state index in [1.807, 2.05) is 24.3 Å². The maximum absolute atomic E-state index is 11.6. The minimum atomic E-state index is -0.547. The second-order valence-corrected chi connectivity index (χ2v) is 5.32. The summed E-state index contributed by atoms with van der Waals surface area (Å²) in [5, 5.41) is 10.2. The summed E-state index contributed by atoms with van der Waals surface area (Å²) in [5.74, 6) is -0.831. The molecule has 0 saturated carbocycles. The van der Waals surface area contributed by atoms with Crippen LogP contribution >= 0.6 is 27.3 Å². The molecule has 0 spiro atoms. The fourth-order valence-electron chi connectivity index (χ4n) is 1.39. The second-order valence-electron chi connectivity index (χ2n) is 3.40. The van der Waals surface area contributed by atoms with Crippen molar-refractivity contribution in [3.8, 4) is 16.5 Å². The fraction of sp³-hybridized carbons (Fsp3) is 0.167. The zero-order valence-electron chi connectivity index (χ0n) is 9.51. The Hall–Kier alpha value is -1.40. The second kappa shape index (κ2) is 5.49. The molecule has 0 aliphatic rings. The number of halogens is 1. The van der Waals surface area contributed by atoms with Gasteiger partial charge in [-0.1, -0.05) is 28.1 Å². The highest BCUT2D eigenvalue weighted by Crippen LogP contribution is 2.33. The number of benzene rings is 1. The average Bonchev–Trinajstić information content (AvgIpc) is 2.72. The molecule has 1 aromatic heterocycles. The third kappa shape index (κ3) is 2.70. The Labute approximate surface area is 116 Å². The van der Waals surface area contributed by atoms with E-state index < -0.39 is 5.97 Å². The zero-order valence-corrected chi connectivity index (χ0v) is 11.9. The molecule has 1 aromatic carbocycles. The van der Waals surface area contributed by atoms with E-state index in [1.165, 1.54) is 0 Å². The number of ether oxygens (including phenoxy) is 1. The van der Waals surface area contributed by atoms with Crippen LogP contribution in [-0.2, 0) is 4.74 Å². The quantitative estimate of drug-likeness (QED) is 0.877. The molecule has 0 radical (unpaired) electrons. The summed E-state index contributed by atoms with van der Waals surface area (Å²) in [7, 11) is 0. The fourth-order valence-corrected chi connectivity index (χ4v) is 2.64. The first kappa shape index (κ1) is 13.0. The van der Waals surface area contributed by atoms with Crippen LogP contribution in [0.4, 0.5) is 0 Å². The monoisotopic (exact) mass is 327 g/mol. The van der Waals surface area contributed by atoms with Crippen molar-refractivity contribution in [3.63, 3.8) is 0 Å². The molecule has 2 rings (SSSR count). The first-order valence-electron chi connectivity index (χ1n) is 5.24. The van der Waals surface area contributed by atoms with Crippen LogP contribution in [0.15, 0.2) is 28.7 Å². The van der Waals surface area contributed by atoms with Crippen molar-refractivity contribution >= 4 is 33.2 Å². The molecular weight excluding hydrogens is 318 g/mol. The molecule has 0 aliphatic heterocycles. The van der Waals surface area contributed by atoms with Gasteiger partial charge < -0.3 is 9.84 Å². The molecule has 0 saturated heterocycles. The summed E-state index contributed by atoms with van der Waals surface area (Å²) in [6.07, 6.45) is 0. The molecule has 0 aliphatic carbocycles. The molecule has 0 atom stereocenters. The van der Waals surface area contributed by atoms with Crippen LogP contribution in [0.2, 0.25) is 0 Å². The highest BCUT2D eigenvalue weighted by atomic mass is 79.9. The van der Waals surface area contributed by atoms with Gasteiger partial charge in [0.1, 0.15) is 5.01 Å². The molecule has 4 nitrogen and oxygen atoms in total. The van der Waals surface area contributed by atoms with Gasteiger partial charge in [-0.15, -0.1) is 11.3 Å². The topological polar surface area (TPSA) is 59.4 Å². The molecule has 0 bridgehead atoms. The number of carbonyl (C=O) groups excluding carboxylic acids is 1. The predicted octanol–water partition coefficient (Wildman–Crippen LogP) is 3.45. The van der Waals surface area contributed by atoms with Crippen LogP contribution in [0.1, 0.15) is 16.6 Å². The van der Waals surface area contributed by atoms with E-state index in [-0.39, 0.29) is 17.4 Å². The van der Waals surface area contributed by atoms with Gasteiger partial charge in [0.25, 0.3) is 0 Å². The summed E-state index contributed by atoms with van der Waals surface area (Å²) in [6.45, 7) is 1.98. The third-order valence-electron chi connectivity index (χ3n) is 2.14. The Balaban J connectivity index is 2.37. The number of carbonyl (C=O) groups is 1. The molecule has 1 N–H and O–H groups in total. The van der Waals surface area contributed by atoms with E-state index in [0.717, 1.165) is 21.4 Å². The normalized spacial score (nSPS) is 10.3. The van der Waals surface area contributed by atoms with Crippen molar-refractivity contribution in [1.29, 1.82) is 0 Å². The molecule has 0 amide bonds. The number of nitrogens with zero attached hydrogens (tertiary/aromatic N) is 1. The minimum Gasteiger partial charge on any atom is -0.492 e. The van der Waals surface area contributed by atoms with Gasteiger partial charge >= 0.3 is 5.97 Å². The van der Waals surface area contributed by atoms with E-state index in [2.05, 4.69) is 20.9 Å². The summed E-state index contributed by atoms with van der Waals surface area (Å²) in [4.78, 5) is 15.7.